The van der Waals surface area contributed by atoms with Crippen molar-refractivity contribution in [2.24, 2.45) is 5.73 Å². The van der Waals surface area contributed by atoms with E-state index in [9.17, 15) is 5.11 Å². The summed E-state index contributed by atoms with van der Waals surface area (Å²) in [5, 5.41) is 10.6. The smallest absolute Gasteiger partial charge is 0.114 e. The molecule has 0 aliphatic carbocycles. The van der Waals surface area contributed by atoms with Crippen LogP contribution in [0.2, 0.25) is 0 Å². The lowest BCUT2D eigenvalue weighted by Gasteiger charge is -2.32. The van der Waals surface area contributed by atoms with Crippen molar-refractivity contribution in [3.8, 4) is 0 Å². The molecule has 0 amide bonds. The van der Waals surface area contributed by atoms with E-state index >= 15 is 0 Å². The van der Waals surface area contributed by atoms with Gasteiger partial charge in [-0.25, -0.2) is 0 Å². The minimum absolute atomic E-state index is 0.244. The van der Waals surface area contributed by atoms with Crippen molar-refractivity contribution in [3.63, 3.8) is 0 Å². The lowest BCUT2D eigenvalue weighted by molar-refractivity contribution is 0.00954. The molecule has 0 saturated carbocycles. The predicted molar refractivity (Wildman–Crippen MR) is 67.2 cm³/mol. The second-order valence-corrected chi connectivity index (χ2v) is 4.06. The van der Waals surface area contributed by atoms with Gasteiger partial charge >= 0.3 is 0 Å². The van der Waals surface area contributed by atoms with E-state index in [4.69, 9.17) is 5.73 Å². The van der Waals surface area contributed by atoms with Gasteiger partial charge in [0, 0.05) is 13.1 Å². The van der Waals surface area contributed by atoms with Crippen molar-refractivity contribution in [2.75, 3.05) is 26.2 Å². The molecule has 1 aromatic carbocycles. The fourth-order valence-electron chi connectivity index (χ4n) is 1.84. The number of aliphatic hydroxyl groups is 1. The number of nitrogens with zero attached hydrogens (tertiary/aromatic N) is 1. The van der Waals surface area contributed by atoms with Gasteiger partial charge in [0.25, 0.3) is 0 Å². The van der Waals surface area contributed by atoms with Gasteiger partial charge in [-0.1, -0.05) is 44.2 Å². The van der Waals surface area contributed by atoms with Gasteiger partial charge < -0.3 is 15.7 Å². The second kappa shape index (κ2) is 5.99. The van der Waals surface area contributed by atoms with E-state index in [1.54, 1.807) is 0 Å². The first-order chi connectivity index (χ1) is 7.66. The molecule has 0 heterocycles. The zero-order valence-corrected chi connectivity index (χ0v) is 10.2. The molecule has 0 saturated heterocycles. The number of hydrogen-bond donors (Lipinski definition) is 2. The average Bonchev–Trinajstić information content (AvgIpc) is 2.36. The average molecular weight is 222 g/mol. The van der Waals surface area contributed by atoms with E-state index in [-0.39, 0.29) is 6.54 Å². The Hall–Kier alpha value is -0.900. The molecule has 0 fully saturated rings. The van der Waals surface area contributed by atoms with Gasteiger partial charge in [0.2, 0.25) is 0 Å². The van der Waals surface area contributed by atoms with Crippen LogP contribution in [-0.2, 0) is 5.60 Å². The van der Waals surface area contributed by atoms with Gasteiger partial charge in [-0.05, 0) is 18.7 Å². The third kappa shape index (κ3) is 3.04. The summed E-state index contributed by atoms with van der Waals surface area (Å²) in [6.07, 6.45) is 0. The normalized spacial score (nSPS) is 15.1. The van der Waals surface area contributed by atoms with E-state index < -0.39 is 5.60 Å². The topological polar surface area (TPSA) is 49.5 Å². The van der Waals surface area contributed by atoms with Crippen molar-refractivity contribution >= 4 is 0 Å². The SMILES string of the molecule is CCN(CC)CC(O)(CN)c1ccccc1. The molecule has 1 aromatic rings. The predicted octanol–water partition coefficient (Wildman–Crippen LogP) is 1.17. The molecule has 3 heteroatoms. The van der Waals surface area contributed by atoms with Crippen molar-refractivity contribution in [1.29, 1.82) is 0 Å². The number of rotatable bonds is 6. The highest BCUT2D eigenvalue weighted by Crippen LogP contribution is 2.20. The standard InChI is InChI=1S/C13H22N2O/c1-3-15(4-2)11-13(16,10-14)12-8-6-5-7-9-12/h5-9,16H,3-4,10-11,14H2,1-2H3. The van der Waals surface area contributed by atoms with Gasteiger partial charge in [0.15, 0.2) is 0 Å². The van der Waals surface area contributed by atoms with Gasteiger partial charge in [-0.15, -0.1) is 0 Å². The molecule has 0 radical (unpaired) electrons. The van der Waals surface area contributed by atoms with Crippen LogP contribution in [0.4, 0.5) is 0 Å². The molecule has 0 aliphatic rings. The first kappa shape index (κ1) is 13.2. The molecule has 0 aliphatic heterocycles. The quantitative estimate of drug-likeness (QED) is 0.760. The van der Waals surface area contributed by atoms with Crippen LogP contribution in [0.15, 0.2) is 30.3 Å². The van der Waals surface area contributed by atoms with Crippen LogP contribution in [0.25, 0.3) is 0 Å². The molecule has 16 heavy (non-hydrogen) atoms. The van der Waals surface area contributed by atoms with Crippen LogP contribution in [-0.4, -0.2) is 36.2 Å². The molecular weight excluding hydrogens is 200 g/mol. The second-order valence-electron chi connectivity index (χ2n) is 4.06. The number of nitrogens with two attached hydrogens (primary N) is 1. The third-order valence-corrected chi connectivity index (χ3v) is 3.03. The summed E-state index contributed by atoms with van der Waals surface area (Å²) in [5.41, 5.74) is 5.68. The summed E-state index contributed by atoms with van der Waals surface area (Å²) in [4.78, 5) is 2.18. The van der Waals surface area contributed by atoms with E-state index in [0.717, 1.165) is 18.7 Å². The summed E-state index contributed by atoms with van der Waals surface area (Å²) in [6.45, 7) is 6.85. The van der Waals surface area contributed by atoms with Crippen molar-refractivity contribution in [2.45, 2.75) is 19.4 Å². The van der Waals surface area contributed by atoms with E-state index in [1.807, 2.05) is 30.3 Å². The highest BCUT2D eigenvalue weighted by molar-refractivity contribution is 5.23. The Labute approximate surface area is 97.9 Å². The molecule has 3 N–H and O–H groups in total. The van der Waals surface area contributed by atoms with Crippen LogP contribution in [0.5, 0.6) is 0 Å². The summed E-state index contributed by atoms with van der Waals surface area (Å²) < 4.78 is 0. The zero-order chi connectivity index (χ0) is 12.0. The highest BCUT2D eigenvalue weighted by atomic mass is 16.3. The van der Waals surface area contributed by atoms with Crippen LogP contribution >= 0.6 is 0 Å². The Bertz CT molecular complexity index is 298. The minimum atomic E-state index is -0.937. The fourth-order valence-corrected chi connectivity index (χ4v) is 1.84. The fraction of sp³-hybridized carbons (Fsp3) is 0.538. The van der Waals surface area contributed by atoms with Gasteiger partial charge in [-0.2, -0.15) is 0 Å². The van der Waals surface area contributed by atoms with Crippen molar-refractivity contribution in [1.82, 2.24) is 4.90 Å². The molecule has 1 unspecified atom stereocenters. The van der Waals surface area contributed by atoms with Gasteiger partial charge in [0.1, 0.15) is 5.60 Å². The van der Waals surface area contributed by atoms with Crippen LogP contribution in [0.3, 0.4) is 0 Å². The maximum Gasteiger partial charge on any atom is 0.114 e. The summed E-state index contributed by atoms with van der Waals surface area (Å²) >= 11 is 0. The van der Waals surface area contributed by atoms with Gasteiger partial charge in [0.05, 0.1) is 0 Å². The first-order valence-electron chi connectivity index (χ1n) is 5.86. The van der Waals surface area contributed by atoms with Gasteiger partial charge in [-0.3, -0.25) is 0 Å². The summed E-state index contributed by atoms with van der Waals surface area (Å²) in [6, 6.07) is 9.65. The molecule has 0 bridgehead atoms. The maximum absolute atomic E-state index is 10.6. The lowest BCUT2D eigenvalue weighted by Crippen LogP contribution is -2.46. The van der Waals surface area contributed by atoms with E-state index in [1.165, 1.54) is 0 Å². The Morgan fingerprint density at radius 1 is 1.19 bits per heavy atom. The Balaban J connectivity index is 2.85. The Morgan fingerprint density at radius 3 is 2.19 bits per heavy atom. The molecule has 0 aromatic heterocycles. The van der Waals surface area contributed by atoms with Crippen molar-refractivity contribution < 1.29 is 5.11 Å². The lowest BCUT2D eigenvalue weighted by atomic mass is 9.93. The first-order valence-corrected chi connectivity index (χ1v) is 5.86. The van der Waals surface area contributed by atoms with Crippen LogP contribution in [0.1, 0.15) is 19.4 Å². The molecule has 0 spiro atoms. The van der Waals surface area contributed by atoms with Crippen molar-refractivity contribution in [3.05, 3.63) is 35.9 Å². The van der Waals surface area contributed by atoms with Crippen LogP contribution in [0, 0.1) is 0 Å². The number of hydrogen-bond acceptors (Lipinski definition) is 3. The molecule has 3 nitrogen and oxygen atoms in total. The summed E-state index contributed by atoms with van der Waals surface area (Å²) in [5.74, 6) is 0. The van der Waals surface area contributed by atoms with Crippen LogP contribution < -0.4 is 5.73 Å². The molecular formula is C13H22N2O. The Kier molecular flexibility index (Phi) is 4.93. The molecule has 90 valence electrons. The largest absolute Gasteiger partial charge is 0.382 e. The minimum Gasteiger partial charge on any atom is -0.382 e. The van der Waals surface area contributed by atoms with E-state index in [2.05, 4.69) is 18.7 Å². The zero-order valence-electron chi connectivity index (χ0n) is 10.2. The highest BCUT2D eigenvalue weighted by Gasteiger charge is 2.29. The molecule has 1 rings (SSSR count). The number of likely N-dealkylation sites (N-methyl/N-ethyl adjacent to an activating group) is 1. The number of benzene rings is 1. The monoisotopic (exact) mass is 222 g/mol. The van der Waals surface area contributed by atoms with E-state index in [0.29, 0.717) is 6.54 Å². The Morgan fingerprint density at radius 2 is 1.75 bits per heavy atom. The maximum atomic E-state index is 10.6. The summed E-state index contributed by atoms with van der Waals surface area (Å²) in [7, 11) is 0. The third-order valence-electron chi connectivity index (χ3n) is 3.03. The molecule has 1 atom stereocenters.